The Labute approximate surface area is 202 Å². The van der Waals surface area contributed by atoms with E-state index < -0.39 is 29.8 Å². The van der Waals surface area contributed by atoms with Gasteiger partial charge < -0.3 is 4.74 Å². The van der Waals surface area contributed by atoms with Crippen molar-refractivity contribution in [3.63, 3.8) is 0 Å². The van der Waals surface area contributed by atoms with Crippen molar-refractivity contribution in [3.05, 3.63) is 21.8 Å². The minimum atomic E-state index is -4.10. The van der Waals surface area contributed by atoms with Crippen molar-refractivity contribution in [1.82, 2.24) is 0 Å². The van der Waals surface area contributed by atoms with Crippen LogP contribution in [0, 0.1) is 3.57 Å². The lowest BCUT2D eigenvalue weighted by atomic mass is 10.0. The van der Waals surface area contributed by atoms with E-state index in [4.69, 9.17) is 9.88 Å². The SMILES string of the molecule is CCCCCCCCCCCCCCCCCCOc1cccc(S(N)(=O)=O)c1I(=O)=O. The van der Waals surface area contributed by atoms with Crippen molar-refractivity contribution in [3.8, 4) is 5.75 Å². The minimum absolute atomic E-state index is 0.0904. The van der Waals surface area contributed by atoms with E-state index in [9.17, 15) is 14.6 Å². The molecule has 0 aliphatic rings. The summed E-state index contributed by atoms with van der Waals surface area (Å²) < 4.78 is 51.7. The number of rotatable bonds is 20. The first-order chi connectivity index (χ1) is 15.4. The van der Waals surface area contributed by atoms with Gasteiger partial charge in [0.05, 0.1) is 6.61 Å². The molecule has 0 heterocycles. The fraction of sp³-hybridized carbons (Fsp3) is 0.750. The summed E-state index contributed by atoms with van der Waals surface area (Å²) in [6, 6.07) is 4.13. The smallest absolute Gasteiger partial charge is 0.346 e. The fourth-order valence-electron chi connectivity index (χ4n) is 3.81. The second-order valence-corrected chi connectivity index (χ2v) is 12.3. The van der Waals surface area contributed by atoms with Gasteiger partial charge in [0.15, 0.2) is 0 Å². The van der Waals surface area contributed by atoms with Gasteiger partial charge in [-0.1, -0.05) is 109 Å². The number of benzene rings is 1. The molecular formula is C24H42INO5S. The molecule has 1 aromatic carbocycles. The van der Waals surface area contributed by atoms with E-state index >= 15 is 0 Å². The number of hydrogen-bond donors (Lipinski definition) is 1. The van der Waals surface area contributed by atoms with Gasteiger partial charge in [-0.05, 0) is 18.6 Å². The van der Waals surface area contributed by atoms with Crippen molar-refractivity contribution in [2.45, 2.75) is 115 Å². The van der Waals surface area contributed by atoms with Gasteiger partial charge in [-0.3, -0.25) is 0 Å². The van der Waals surface area contributed by atoms with Crippen molar-refractivity contribution < 1.29 is 19.3 Å². The predicted octanol–water partition coefficient (Wildman–Crippen LogP) is 7.34. The number of halogens is 1. The highest BCUT2D eigenvalue weighted by molar-refractivity contribution is 14.2. The largest absolute Gasteiger partial charge is 0.492 e. The van der Waals surface area contributed by atoms with E-state index in [-0.39, 0.29) is 14.2 Å². The van der Waals surface area contributed by atoms with E-state index in [1.165, 1.54) is 102 Å². The maximum atomic E-state index is 11.6. The normalized spacial score (nSPS) is 11.8. The van der Waals surface area contributed by atoms with Crippen LogP contribution in [-0.4, -0.2) is 15.0 Å². The lowest BCUT2D eigenvalue weighted by molar-refractivity contribution is 0.301. The molecule has 0 aliphatic heterocycles. The Kier molecular flexibility index (Phi) is 16.2. The molecule has 0 fully saturated rings. The molecular weight excluding hydrogens is 541 g/mol. The highest BCUT2D eigenvalue weighted by Crippen LogP contribution is 2.33. The van der Waals surface area contributed by atoms with E-state index in [2.05, 4.69) is 6.92 Å². The summed E-state index contributed by atoms with van der Waals surface area (Å²) in [5.74, 6) is 0.0904. The quantitative estimate of drug-likeness (QED) is 0.128. The van der Waals surface area contributed by atoms with Crippen LogP contribution in [0.5, 0.6) is 5.75 Å². The molecule has 6 nitrogen and oxygen atoms in total. The molecule has 0 amide bonds. The van der Waals surface area contributed by atoms with E-state index in [0.29, 0.717) is 6.61 Å². The highest BCUT2D eigenvalue weighted by Gasteiger charge is 2.22. The average Bonchev–Trinajstić information content (AvgIpc) is 2.75. The van der Waals surface area contributed by atoms with Crippen LogP contribution in [0.2, 0.25) is 0 Å². The molecule has 186 valence electrons. The van der Waals surface area contributed by atoms with Crippen LogP contribution in [0.25, 0.3) is 0 Å². The van der Waals surface area contributed by atoms with Crippen LogP contribution in [-0.2, 0) is 16.2 Å². The molecule has 0 radical (unpaired) electrons. The van der Waals surface area contributed by atoms with Crippen LogP contribution in [0.4, 0.5) is 0 Å². The average molecular weight is 584 g/mol. The summed E-state index contributed by atoms with van der Waals surface area (Å²) in [6.45, 7) is 2.62. The predicted molar refractivity (Wildman–Crippen MR) is 137 cm³/mol. The van der Waals surface area contributed by atoms with Crippen LogP contribution in [0.1, 0.15) is 110 Å². The summed E-state index contributed by atoms with van der Waals surface area (Å²) in [4.78, 5) is -0.378. The van der Waals surface area contributed by atoms with Crippen molar-refractivity contribution >= 4 is 29.8 Å². The molecule has 1 rings (SSSR count). The van der Waals surface area contributed by atoms with Crippen LogP contribution < -0.4 is 9.88 Å². The minimum Gasteiger partial charge on any atom is -0.492 e. The first kappa shape index (κ1) is 29.3. The number of unbranched alkanes of at least 4 members (excludes halogenated alkanes) is 15. The second kappa shape index (κ2) is 17.7. The first-order valence-electron chi connectivity index (χ1n) is 12.2. The van der Waals surface area contributed by atoms with Gasteiger partial charge in [-0.25, -0.2) is 19.7 Å². The van der Waals surface area contributed by atoms with Crippen molar-refractivity contribution in [1.29, 1.82) is 0 Å². The maximum absolute atomic E-state index is 11.6. The van der Waals surface area contributed by atoms with Gasteiger partial charge in [-0.15, -0.1) is 0 Å². The van der Waals surface area contributed by atoms with Gasteiger partial charge in [0, 0.05) is 0 Å². The van der Waals surface area contributed by atoms with Crippen LogP contribution in [0.3, 0.4) is 0 Å². The van der Waals surface area contributed by atoms with Crippen molar-refractivity contribution in [2.24, 2.45) is 5.14 Å². The molecule has 1 aromatic rings. The molecule has 8 heteroatoms. The van der Waals surface area contributed by atoms with Crippen LogP contribution in [0.15, 0.2) is 23.1 Å². The molecule has 0 spiro atoms. The Balaban J connectivity index is 2.06. The Bertz CT molecular complexity index is 801. The molecule has 0 aromatic heterocycles. The Hall–Kier alpha value is -0.740. The fourth-order valence-corrected chi connectivity index (χ4v) is 7.15. The number of nitrogens with two attached hydrogens (primary N) is 1. The lowest BCUT2D eigenvalue weighted by Crippen LogP contribution is -2.14. The third-order valence-electron chi connectivity index (χ3n) is 5.64. The van der Waals surface area contributed by atoms with Gasteiger partial charge >= 0.3 is 19.8 Å². The summed E-state index contributed by atoms with van der Waals surface area (Å²) >= 11 is -4.07. The summed E-state index contributed by atoms with van der Waals surface area (Å²) in [5, 5.41) is 5.12. The first-order valence-corrected chi connectivity index (χ1v) is 16.6. The topological polar surface area (TPSA) is 104 Å². The summed E-state index contributed by atoms with van der Waals surface area (Å²) in [7, 11) is -4.10. The number of hydrogen-bond acceptors (Lipinski definition) is 5. The van der Waals surface area contributed by atoms with Crippen LogP contribution >= 0.6 is 19.8 Å². The van der Waals surface area contributed by atoms with Gasteiger partial charge in [0.2, 0.25) is 10.0 Å². The lowest BCUT2D eigenvalue weighted by Gasteiger charge is -2.10. The molecule has 2 N–H and O–H groups in total. The molecule has 0 bridgehead atoms. The van der Waals surface area contributed by atoms with Gasteiger partial charge in [-0.2, -0.15) is 0 Å². The molecule has 0 unspecified atom stereocenters. The van der Waals surface area contributed by atoms with Gasteiger partial charge in [0.1, 0.15) is 14.2 Å². The van der Waals surface area contributed by atoms with E-state index in [1.54, 1.807) is 0 Å². The number of primary sulfonamides is 1. The number of ether oxygens (including phenoxy) is 1. The van der Waals surface area contributed by atoms with Crippen molar-refractivity contribution in [2.75, 3.05) is 6.61 Å². The molecule has 0 atom stereocenters. The third-order valence-corrected chi connectivity index (χ3v) is 8.96. The van der Waals surface area contributed by atoms with E-state index in [1.807, 2.05) is 0 Å². The Morgan fingerprint density at radius 1 is 0.750 bits per heavy atom. The zero-order chi connectivity index (χ0) is 23.7. The maximum Gasteiger partial charge on any atom is 0.346 e. The second-order valence-electron chi connectivity index (χ2n) is 8.48. The van der Waals surface area contributed by atoms with E-state index in [0.717, 1.165) is 19.3 Å². The molecule has 32 heavy (non-hydrogen) atoms. The standard InChI is InChI=1S/C24H42INO5S/c1-2-3-4-5-6-7-8-9-10-11-12-13-14-15-16-17-21-31-22-19-18-20-23(32(26,29)30)24(22)25(27)28/h18-20H,2-17,21H2,1H3,(H2,26,29,30). The molecule has 0 aliphatic carbocycles. The zero-order valence-electron chi connectivity index (χ0n) is 19.7. The highest BCUT2D eigenvalue weighted by atomic mass is 127. The summed E-state index contributed by atoms with van der Waals surface area (Å²) in [5.41, 5.74) is 0. The zero-order valence-corrected chi connectivity index (χ0v) is 22.6. The molecule has 0 saturated carbocycles. The monoisotopic (exact) mass is 583 g/mol. The Morgan fingerprint density at radius 3 is 1.59 bits per heavy atom. The summed E-state index contributed by atoms with van der Waals surface area (Å²) in [6.07, 6.45) is 20.5. The Morgan fingerprint density at radius 2 is 1.19 bits per heavy atom. The third kappa shape index (κ3) is 13.1. The number of sulfonamides is 1. The van der Waals surface area contributed by atoms with Gasteiger partial charge in [0.25, 0.3) is 0 Å². The molecule has 0 saturated heterocycles.